The van der Waals surface area contributed by atoms with Crippen molar-refractivity contribution in [3.05, 3.63) is 35.8 Å². The summed E-state index contributed by atoms with van der Waals surface area (Å²) in [6, 6.07) is 3.66. The Labute approximate surface area is 84.1 Å². The lowest BCUT2D eigenvalue weighted by molar-refractivity contribution is -0.103. The van der Waals surface area contributed by atoms with Gasteiger partial charge in [0.25, 0.3) is 0 Å². The van der Waals surface area contributed by atoms with Crippen LogP contribution in [0.4, 0.5) is 0 Å². The van der Waals surface area contributed by atoms with E-state index in [0.29, 0.717) is 5.57 Å². The van der Waals surface area contributed by atoms with Gasteiger partial charge in [-0.25, -0.2) is 0 Å². The third-order valence-corrected chi connectivity index (χ3v) is 2.17. The summed E-state index contributed by atoms with van der Waals surface area (Å²) in [6.07, 6.45) is 4.24. The molecule has 0 spiro atoms. The Morgan fingerprint density at radius 2 is 1.93 bits per heavy atom. The van der Waals surface area contributed by atoms with Crippen molar-refractivity contribution in [2.45, 2.75) is 6.92 Å². The van der Waals surface area contributed by atoms with Gasteiger partial charge in [0.05, 0.1) is 0 Å². The molecule has 74 valence electrons. The normalized spacial score (nSPS) is 11.9. The highest BCUT2D eigenvalue weighted by atomic mass is 16.1. The molecular weight excluding hydrogens is 176 g/mol. The zero-order valence-corrected chi connectivity index (χ0v) is 8.69. The highest BCUT2D eigenvalue weighted by Gasteiger charge is 2.05. The number of aldehydes is 1. The summed E-state index contributed by atoms with van der Waals surface area (Å²) in [7, 11) is 3.83. The van der Waals surface area contributed by atoms with Crippen molar-refractivity contribution < 1.29 is 4.79 Å². The van der Waals surface area contributed by atoms with Crippen molar-refractivity contribution in [1.29, 1.82) is 0 Å². The van der Waals surface area contributed by atoms with Gasteiger partial charge in [-0.15, -0.1) is 0 Å². The fraction of sp³-hybridized carbons (Fsp3) is 0.273. The molecule has 0 radical (unpaired) electrons. The lowest BCUT2D eigenvalue weighted by Gasteiger charge is -2.15. The molecule has 1 rings (SSSR count). The summed E-state index contributed by atoms with van der Waals surface area (Å²) in [5, 5.41) is 0. The predicted molar refractivity (Wildman–Crippen MR) is 56.6 cm³/mol. The number of carbonyl (C=O) groups excluding carboxylic acids is 1. The van der Waals surface area contributed by atoms with Crippen molar-refractivity contribution >= 4 is 11.9 Å². The molecule has 1 aromatic rings. The van der Waals surface area contributed by atoms with Gasteiger partial charge in [0.15, 0.2) is 6.29 Å². The number of pyridine rings is 1. The Morgan fingerprint density at radius 3 is 2.36 bits per heavy atom. The molecule has 1 heterocycles. The molecule has 0 unspecified atom stereocenters. The number of rotatable bonds is 3. The maximum Gasteiger partial charge on any atom is 0.152 e. The summed E-state index contributed by atoms with van der Waals surface area (Å²) in [6.45, 7) is 1.92. The Bertz CT molecular complexity index is 342. The van der Waals surface area contributed by atoms with Crippen LogP contribution < -0.4 is 0 Å². The van der Waals surface area contributed by atoms with Gasteiger partial charge in [0.1, 0.15) is 0 Å². The van der Waals surface area contributed by atoms with Crippen LogP contribution in [0.15, 0.2) is 30.2 Å². The van der Waals surface area contributed by atoms with Gasteiger partial charge in [-0.3, -0.25) is 9.78 Å². The van der Waals surface area contributed by atoms with E-state index in [9.17, 15) is 4.79 Å². The molecule has 0 aliphatic carbocycles. The molecule has 14 heavy (non-hydrogen) atoms. The van der Waals surface area contributed by atoms with Crippen LogP contribution in [-0.2, 0) is 4.79 Å². The van der Waals surface area contributed by atoms with Crippen LogP contribution in [0.3, 0.4) is 0 Å². The van der Waals surface area contributed by atoms with Crippen LogP contribution in [0.1, 0.15) is 12.5 Å². The van der Waals surface area contributed by atoms with Crippen LogP contribution in [0, 0.1) is 0 Å². The molecule has 3 heteroatoms. The number of allylic oxidation sites excluding steroid dienone is 2. The van der Waals surface area contributed by atoms with Crippen LogP contribution in [0.25, 0.3) is 5.57 Å². The summed E-state index contributed by atoms with van der Waals surface area (Å²) in [5.41, 5.74) is 2.56. The zero-order valence-electron chi connectivity index (χ0n) is 8.69. The largest absolute Gasteiger partial charge is 0.381 e. The molecule has 0 aliphatic heterocycles. The molecule has 0 amide bonds. The van der Waals surface area contributed by atoms with Crippen LogP contribution in [-0.4, -0.2) is 30.3 Å². The third kappa shape index (κ3) is 2.19. The Balaban J connectivity index is 3.17. The number of nitrogens with zero attached hydrogens (tertiary/aromatic N) is 2. The first-order chi connectivity index (χ1) is 6.66. The SMILES string of the molecule is CC(=C(C=O)c1ccncc1)N(C)C. The standard InChI is InChI=1S/C11H14N2O/c1-9(13(2)3)11(8-14)10-4-6-12-7-5-10/h4-8H,1-3H3. The lowest BCUT2D eigenvalue weighted by atomic mass is 10.1. The Kier molecular flexibility index (Phi) is 3.40. The van der Waals surface area contributed by atoms with Crippen molar-refractivity contribution in [2.75, 3.05) is 14.1 Å². The van der Waals surface area contributed by atoms with Gasteiger partial charge in [0.2, 0.25) is 0 Å². The molecule has 0 atom stereocenters. The lowest BCUT2D eigenvalue weighted by Crippen LogP contribution is -2.11. The second-order valence-corrected chi connectivity index (χ2v) is 3.25. The smallest absolute Gasteiger partial charge is 0.152 e. The van der Waals surface area contributed by atoms with Gasteiger partial charge >= 0.3 is 0 Å². The molecule has 0 aliphatic rings. The molecule has 0 bridgehead atoms. The average molecular weight is 190 g/mol. The van der Waals surface area contributed by atoms with Gasteiger partial charge in [-0.2, -0.15) is 0 Å². The minimum absolute atomic E-state index is 0.706. The fourth-order valence-electron chi connectivity index (χ4n) is 1.13. The van der Waals surface area contributed by atoms with Gasteiger partial charge < -0.3 is 4.90 Å². The molecule has 0 saturated heterocycles. The summed E-state index contributed by atoms with van der Waals surface area (Å²) in [5.74, 6) is 0. The van der Waals surface area contributed by atoms with Crippen LogP contribution in [0.2, 0.25) is 0 Å². The second kappa shape index (κ2) is 4.56. The summed E-state index contributed by atoms with van der Waals surface area (Å²) in [4.78, 5) is 16.8. The number of carbonyl (C=O) groups is 1. The molecule has 0 N–H and O–H groups in total. The first-order valence-corrected chi connectivity index (χ1v) is 4.40. The molecule has 1 aromatic heterocycles. The Morgan fingerprint density at radius 1 is 1.36 bits per heavy atom. The topological polar surface area (TPSA) is 33.2 Å². The highest BCUT2D eigenvalue weighted by Crippen LogP contribution is 2.16. The molecule has 0 saturated carbocycles. The molecule has 0 fully saturated rings. The van der Waals surface area contributed by atoms with Crippen molar-refractivity contribution in [3.63, 3.8) is 0 Å². The summed E-state index contributed by atoms with van der Waals surface area (Å²) < 4.78 is 0. The van der Waals surface area contributed by atoms with E-state index in [1.54, 1.807) is 12.4 Å². The number of aromatic nitrogens is 1. The van der Waals surface area contributed by atoms with E-state index in [2.05, 4.69) is 4.98 Å². The third-order valence-electron chi connectivity index (χ3n) is 2.17. The maximum absolute atomic E-state index is 10.9. The maximum atomic E-state index is 10.9. The van der Waals surface area contributed by atoms with E-state index in [1.807, 2.05) is 38.1 Å². The van der Waals surface area contributed by atoms with E-state index in [1.165, 1.54) is 0 Å². The quantitative estimate of drug-likeness (QED) is 0.536. The number of hydrogen-bond donors (Lipinski definition) is 0. The van der Waals surface area contributed by atoms with Crippen LogP contribution >= 0.6 is 0 Å². The minimum Gasteiger partial charge on any atom is -0.381 e. The molecule has 0 aromatic carbocycles. The van der Waals surface area contributed by atoms with E-state index in [4.69, 9.17) is 0 Å². The van der Waals surface area contributed by atoms with Crippen molar-refractivity contribution in [1.82, 2.24) is 9.88 Å². The zero-order chi connectivity index (χ0) is 10.6. The highest BCUT2D eigenvalue weighted by molar-refractivity contribution is 6.07. The monoisotopic (exact) mass is 190 g/mol. The van der Waals surface area contributed by atoms with E-state index in [-0.39, 0.29) is 0 Å². The second-order valence-electron chi connectivity index (χ2n) is 3.25. The van der Waals surface area contributed by atoms with Crippen LogP contribution in [0.5, 0.6) is 0 Å². The minimum atomic E-state index is 0.706. The Hall–Kier alpha value is -1.64. The first kappa shape index (κ1) is 10.4. The van der Waals surface area contributed by atoms with Gasteiger partial charge in [-0.05, 0) is 24.6 Å². The average Bonchev–Trinajstić information content (AvgIpc) is 2.20. The van der Waals surface area contributed by atoms with Gasteiger partial charge in [0, 0.05) is 37.8 Å². The van der Waals surface area contributed by atoms with Gasteiger partial charge in [-0.1, -0.05) is 0 Å². The van der Waals surface area contributed by atoms with E-state index >= 15 is 0 Å². The van der Waals surface area contributed by atoms with Crippen molar-refractivity contribution in [3.8, 4) is 0 Å². The molecule has 3 nitrogen and oxygen atoms in total. The summed E-state index contributed by atoms with van der Waals surface area (Å²) >= 11 is 0. The first-order valence-electron chi connectivity index (χ1n) is 4.40. The van der Waals surface area contributed by atoms with E-state index in [0.717, 1.165) is 17.5 Å². The number of hydrogen-bond acceptors (Lipinski definition) is 3. The van der Waals surface area contributed by atoms with E-state index < -0.39 is 0 Å². The van der Waals surface area contributed by atoms with Crippen molar-refractivity contribution in [2.24, 2.45) is 0 Å². The predicted octanol–water partition coefficient (Wildman–Crippen LogP) is 1.57. The molecular formula is C11H14N2O. The fourth-order valence-corrected chi connectivity index (χ4v) is 1.13.